The molecule has 0 aliphatic heterocycles. The van der Waals surface area contributed by atoms with Gasteiger partial charge < -0.3 is 15.2 Å². The van der Waals surface area contributed by atoms with E-state index in [2.05, 4.69) is 15.9 Å². The Kier molecular flexibility index (Phi) is 5.08. The quantitative estimate of drug-likeness (QED) is 0.811. The molecule has 112 valence electrons. The van der Waals surface area contributed by atoms with E-state index in [0.29, 0.717) is 27.1 Å². The largest absolute Gasteiger partial charge is 0.497 e. The predicted molar refractivity (Wildman–Crippen MR) is 84.7 cm³/mol. The summed E-state index contributed by atoms with van der Waals surface area (Å²) in [7, 11) is 3.09. The van der Waals surface area contributed by atoms with Crippen molar-refractivity contribution in [3.8, 4) is 11.5 Å². The van der Waals surface area contributed by atoms with Crippen molar-refractivity contribution in [3.05, 3.63) is 56.8 Å². The van der Waals surface area contributed by atoms with E-state index < -0.39 is 11.9 Å². The van der Waals surface area contributed by atoms with Crippen molar-refractivity contribution in [2.45, 2.75) is 6.04 Å². The Labute approximate surface area is 135 Å². The Morgan fingerprint density at radius 2 is 1.71 bits per heavy atom. The summed E-state index contributed by atoms with van der Waals surface area (Å²) in [5.41, 5.74) is 7.13. The minimum Gasteiger partial charge on any atom is -0.497 e. The monoisotopic (exact) mass is 373 g/mol. The molecule has 1 unspecified atom stereocenters. The van der Waals surface area contributed by atoms with Crippen LogP contribution in [0.4, 0.5) is 4.39 Å². The van der Waals surface area contributed by atoms with E-state index in [1.165, 1.54) is 0 Å². The molecule has 0 spiro atoms. The van der Waals surface area contributed by atoms with Crippen LogP contribution in [-0.4, -0.2) is 14.2 Å². The highest BCUT2D eigenvalue weighted by Crippen LogP contribution is 2.34. The Balaban J connectivity index is 2.49. The van der Waals surface area contributed by atoms with E-state index in [9.17, 15) is 4.39 Å². The summed E-state index contributed by atoms with van der Waals surface area (Å²) in [6.07, 6.45) is 0. The number of halogens is 3. The first-order valence-electron chi connectivity index (χ1n) is 6.10. The van der Waals surface area contributed by atoms with Crippen molar-refractivity contribution in [1.29, 1.82) is 0 Å². The normalized spacial score (nSPS) is 12.1. The molecule has 2 rings (SSSR count). The summed E-state index contributed by atoms with van der Waals surface area (Å²) in [4.78, 5) is 0. The van der Waals surface area contributed by atoms with Crippen LogP contribution in [-0.2, 0) is 0 Å². The Bertz CT molecular complexity index is 644. The van der Waals surface area contributed by atoms with Gasteiger partial charge in [-0.1, -0.05) is 17.7 Å². The van der Waals surface area contributed by atoms with Gasteiger partial charge in [0, 0.05) is 16.1 Å². The highest BCUT2D eigenvalue weighted by Gasteiger charge is 2.19. The second-order valence-electron chi connectivity index (χ2n) is 4.39. The molecule has 1 atom stereocenters. The minimum atomic E-state index is -0.681. The van der Waals surface area contributed by atoms with Crippen LogP contribution >= 0.6 is 27.5 Å². The van der Waals surface area contributed by atoms with Crippen molar-refractivity contribution in [1.82, 2.24) is 0 Å². The molecule has 0 amide bonds. The van der Waals surface area contributed by atoms with Crippen LogP contribution in [0.25, 0.3) is 0 Å². The molecule has 2 aromatic carbocycles. The van der Waals surface area contributed by atoms with Crippen molar-refractivity contribution >= 4 is 27.5 Å². The number of rotatable bonds is 4. The molecule has 6 heteroatoms. The van der Waals surface area contributed by atoms with Gasteiger partial charge in [0.25, 0.3) is 0 Å². The molecule has 0 heterocycles. The number of nitrogens with two attached hydrogens (primary N) is 1. The number of methoxy groups -OCH3 is 2. The predicted octanol–water partition coefficient (Wildman–Crippen LogP) is 4.31. The van der Waals surface area contributed by atoms with E-state index in [4.69, 9.17) is 26.8 Å². The third kappa shape index (κ3) is 3.31. The zero-order valence-electron chi connectivity index (χ0n) is 11.5. The summed E-state index contributed by atoms with van der Waals surface area (Å²) >= 11 is 9.08. The van der Waals surface area contributed by atoms with Crippen molar-refractivity contribution < 1.29 is 13.9 Å². The van der Waals surface area contributed by atoms with Gasteiger partial charge in [-0.15, -0.1) is 0 Å². The molecule has 0 radical (unpaired) electrons. The molecule has 2 aromatic rings. The van der Waals surface area contributed by atoms with Gasteiger partial charge in [0.15, 0.2) is 0 Å². The van der Waals surface area contributed by atoms with Gasteiger partial charge in [-0.2, -0.15) is 0 Å². The van der Waals surface area contributed by atoms with E-state index >= 15 is 0 Å². The van der Waals surface area contributed by atoms with E-state index in [0.717, 1.165) is 0 Å². The molecular formula is C15H14BrClFNO2. The summed E-state index contributed by atoms with van der Waals surface area (Å²) in [6.45, 7) is 0. The molecule has 0 aromatic heterocycles. The molecule has 0 bridgehead atoms. The van der Waals surface area contributed by atoms with Crippen molar-refractivity contribution in [2.24, 2.45) is 5.73 Å². The van der Waals surface area contributed by atoms with Gasteiger partial charge in [0.1, 0.15) is 17.3 Å². The highest BCUT2D eigenvalue weighted by molar-refractivity contribution is 9.10. The minimum absolute atomic E-state index is 0.0119. The molecule has 0 aliphatic carbocycles. The summed E-state index contributed by atoms with van der Waals surface area (Å²) in [5, 5.41) is 0.0119. The molecule has 3 nitrogen and oxygen atoms in total. The van der Waals surface area contributed by atoms with Crippen LogP contribution in [0.3, 0.4) is 0 Å². The summed E-state index contributed by atoms with van der Waals surface area (Å²) < 4.78 is 25.1. The topological polar surface area (TPSA) is 44.5 Å². The molecule has 0 aliphatic rings. The fourth-order valence-corrected chi connectivity index (χ4v) is 2.45. The molecule has 0 fully saturated rings. The third-order valence-corrected chi connectivity index (χ3v) is 4.39. The van der Waals surface area contributed by atoms with E-state index in [1.807, 2.05) is 0 Å². The summed E-state index contributed by atoms with van der Waals surface area (Å²) in [5.74, 6) is 0.632. The lowest BCUT2D eigenvalue weighted by Gasteiger charge is -2.16. The Hall–Kier alpha value is -1.30. The van der Waals surface area contributed by atoms with Crippen LogP contribution in [0.15, 0.2) is 34.8 Å². The number of hydrogen-bond acceptors (Lipinski definition) is 3. The van der Waals surface area contributed by atoms with Gasteiger partial charge >= 0.3 is 0 Å². The fourth-order valence-electron chi connectivity index (χ4n) is 1.97. The van der Waals surface area contributed by atoms with E-state index in [1.54, 1.807) is 44.6 Å². The smallest absolute Gasteiger partial charge is 0.148 e. The first kappa shape index (κ1) is 16.1. The maximum Gasteiger partial charge on any atom is 0.148 e. The first-order valence-corrected chi connectivity index (χ1v) is 7.27. The third-order valence-electron chi connectivity index (χ3n) is 3.13. The number of ether oxygens (including phenoxy) is 2. The molecule has 0 saturated carbocycles. The van der Waals surface area contributed by atoms with Crippen molar-refractivity contribution in [3.63, 3.8) is 0 Å². The first-order chi connectivity index (χ1) is 9.97. The SMILES string of the molecule is COc1cc(OC)cc(C(N)c2ccc(Br)c(Cl)c2F)c1. The summed E-state index contributed by atoms with van der Waals surface area (Å²) in [6, 6.07) is 7.78. The van der Waals surface area contributed by atoms with Gasteiger partial charge in [-0.25, -0.2) is 4.39 Å². The number of benzene rings is 2. The zero-order chi connectivity index (χ0) is 15.6. The molecule has 0 saturated heterocycles. The zero-order valence-corrected chi connectivity index (χ0v) is 13.8. The van der Waals surface area contributed by atoms with Gasteiger partial charge in [0.2, 0.25) is 0 Å². The Morgan fingerprint density at radius 3 is 2.24 bits per heavy atom. The van der Waals surface area contributed by atoms with Crippen LogP contribution in [0.5, 0.6) is 11.5 Å². The van der Waals surface area contributed by atoms with Gasteiger partial charge in [-0.05, 0) is 39.7 Å². The van der Waals surface area contributed by atoms with Crippen LogP contribution in [0.1, 0.15) is 17.2 Å². The number of hydrogen-bond donors (Lipinski definition) is 1. The van der Waals surface area contributed by atoms with Crippen LogP contribution < -0.4 is 15.2 Å². The average molecular weight is 375 g/mol. The lowest BCUT2D eigenvalue weighted by Crippen LogP contribution is -2.14. The van der Waals surface area contributed by atoms with Crippen molar-refractivity contribution in [2.75, 3.05) is 14.2 Å². The van der Waals surface area contributed by atoms with E-state index in [-0.39, 0.29) is 5.02 Å². The second kappa shape index (κ2) is 6.64. The van der Waals surface area contributed by atoms with Gasteiger partial charge in [0.05, 0.1) is 25.3 Å². The standard InChI is InChI=1S/C15H14BrClFNO2/c1-20-9-5-8(6-10(7-9)21-2)15(19)11-3-4-12(16)13(17)14(11)18/h3-7,15H,19H2,1-2H3. The second-order valence-corrected chi connectivity index (χ2v) is 5.62. The maximum absolute atomic E-state index is 14.3. The Morgan fingerprint density at radius 1 is 1.14 bits per heavy atom. The highest BCUT2D eigenvalue weighted by atomic mass is 79.9. The lowest BCUT2D eigenvalue weighted by molar-refractivity contribution is 0.393. The average Bonchev–Trinajstić information content (AvgIpc) is 2.51. The maximum atomic E-state index is 14.3. The fraction of sp³-hybridized carbons (Fsp3) is 0.200. The lowest BCUT2D eigenvalue weighted by atomic mass is 9.98. The molecular weight excluding hydrogens is 361 g/mol. The van der Waals surface area contributed by atoms with Crippen LogP contribution in [0, 0.1) is 5.82 Å². The van der Waals surface area contributed by atoms with Gasteiger partial charge in [-0.3, -0.25) is 0 Å². The molecule has 21 heavy (non-hydrogen) atoms. The van der Waals surface area contributed by atoms with Crippen LogP contribution in [0.2, 0.25) is 5.02 Å². The molecule has 2 N–H and O–H groups in total.